The molecule has 2 fully saturated rings. The van der Waals surface area contributed by atoms with E-state index in [1.807, 2.05) is 0 Å². The van der Waals surface area contributed by atoms with Crippen LogP contribution in [0.3, 0.4) is 0 Å². The average molecular weight is 282 g/mol. The van der Waals surface area contributed by atoms with E-state index in [9.17, 15) is 5.11 Å². The summed E-state index contributed by atoms with van der Waals surface area (Å²) in [5.41, 5.74) is -0.178. The molecule has 0 aromatic rings. The first-order chi connectivity index (χ1) is 9.08. The summed E-state index contributed by atoms with van der Waals surface area (Å²) in [6.45, 7) is 13.2. The second-order valence-electron chi connectivity index (χ2n) is 8.89. The van der Waals surface area contributed by atoms with Crippen molar-refractivity contribution in [3.8, 4) is 0 Å². The fourth-order valence-electron chi connectivity index (χ4n) is 5.04. The molecule has 20 heavy (non-hydrogen) atoms. The molecule has 0 radical (unpaired) electrons. The Labute approximate surface area is 125 Å². The summed E-state index contributed by atoms with van der Waals surface area (Å²) in [5, 5.41) is 11.2. The number of hydrogen-bond acceptors (Lipinski definition) is 2. The Kier molecular flexibility index (Phi) is 4.30. The molecule has 118 valence electrons. The Morgan fingerprint density at radius 2 is 1.65 bits per heavy atom. The Bertz CT molecular complexity index is 337. The molecule has 1 saturated carbocycles. The van der Waals surface area contributed by atoms with Crippen LogP contribution in [0.2, 0.25) is 0 Å². The van der Waals surface area contributed by atoms with Gasteiger partial charge in [-0.05, 0) is 64.7 Å². The van der Waals surface area contributed by atoms with Crippen molar-refractivity contribution in [1.82, 2.24) is 0 Å². The quantitative estimate of drug-likeness (QED) is 0.820. The highest BCUT2D eigenvalue weighted by molar-refractivity contribution is 5.04. The summed E-state index contributed by atoms with van der Waals surface area (Å²) >= 11 is 0. The lowest BCUT2D eigenvalue weighted by atomic mass is 9.66. The van der Waals surface area contributed by atoms with Crippen LogP contribution in [-0.4, -0.2) is 22.4 Å². The van der Waals surface area contributed by atoms with Crippen LogP contribution < -0.4 is 0 Å². The summed E-state index contributed by atoms with van der Waals surface area (Å²) in [7, 11) is 0. The Morgan fingerprint density at radius 3 is 2.05 bits per heavy atom. The molecule has 0 aromatic carbocycles. The van der Waals surface area contributed by atoms with Gasteiger partial charge in [-0.3, -0.25) is 0 Å². The summed E-state index contributed by atoms with van der Waals surface area (Å²) in [6, 6.07) is 0. The van der Waals surface area contributed by atoms with Crippen molar-refractivity contribution in [3.05, 3.63) is 0 Å². The van der Waals surface area contributed by atoms with Gasteiger partial charge in [0.05, 0.1) is 17.3 Å². The van der Waals surface area contributed by atoms with Crippen molar-refractivity contribution in [3.63, 3.8) is 0 Å². The Hall–Kier alpha value is -0.0800. The first-order valence-corrected chi connectivity index (χ1v) is 8.46. The van der Waals surface area contributed by atoms with Crippen molar-refractivity contribution < 1.29 is 9.84 Å². The van der Waals surface area contributed by atoms with Gasteiger partial charge in [0.1, 0.15) is 0 Å². The maximum atomic E-state index is 11.2. The van der Waals surface area contributed by atoms with Crippen molar-refractivity contribution >= 4 is 0 Å². The molecule has 0 bridgehead atoms. The van der Waals surface area contributed by atoms with E-state index in [0.29, 0.717) is 5.92 Å². The Morgan fingerprint density at radius 1 is 1.10 bits per heavy atom. The Balaban J connectivity index is 2.22. The smallest absolute Gasteiger partial charge is 0.0687 e. The molecule has 0 amide bonds. The van der Waals surface area contributed by atoms with Crippen molar-refractivity contribution in [2.75, 3.05) is 0 Å². The lowest BCUT2D eigenvalue weighted by Crippen LogP contribution is -2.46. The average Bonchev–Trinajstić information content (AvgIpc) is 2.79. The third kappa shape index (κ3) is 3.06. The van der Waals surface area contributed by atoms with E-state index < -0.39 is 0 Å². The second-order valence-corrected chi connectivity index (χ2v) is 8.89. The molecule has 1 aliphatic heterocycles. The molecule has 2 aliphatic rings. The van der Waals surface area contributed by atoms with E-state index in [1.54, 1.807) is 0 Å². The minimum Gasteiger partial charge on any atom is -0.392 e. The van der Waals surface area contributed by atoms with Crippen LogP contribution in [0, 0.1) is 17.3 Å². The van der Waals surface area contributed by atoms with E-state index in [2.05, 4.69) is 41.5 Å². The van der Waals surface area contributed by atoms with E-state index in [4.69, 9.17) is 4.74 Å². The van der Waals surface area contributed by atoms with E-state index in [-0.39, 0.29) is 28.6 Å². The van der Waals surface area contributed by atoms with E-state index >= 15 is 0 Å². The summed E-state index contributed by atoms with van der Waals surface area (Å²) < 4.78 is 6.22. The van der Waals surface area contributed by atoms with Gasteiger partial charge < -0.3 is 9.84 Å². The van der Waals surface area contributed by atoms with Crippen LogP contribution in [0.25, 0.3) is 0 Å². The second kappa shape index (κ2) is 5.28. The van der Waals surface area contributed by atoms with Gasteiger partial charge in [0.25, 0.3) is 0 Å². The highest BCUT2D eigenvalue weighted by Crippen LogP contribution is 2.53. The van der Waals surface area contributed by atoms with Crippen molar-refractivity contribution in [2.24, 2.45) is 17.3 Å². The molecule has 1 saturated heterocycles. The molecule has 2 rings (SSSR count). The predicted octanol–water partition coefficient (Wildman–Crippen LogP) is 4.55. The number of aliphatic hydroxyl groups is 1. The number of ether oxygens (including phenoxy) is 1. The summed E-state index contributed by atoms with van der Waals surface area (Å²) in [4.78, 5) is 0. The maximum Gasteiger partial charge on any atom is 0.0687 e. The largest absolute Gasteiger partial charge is 0.392 e. The van der Waals surface area contributed by atoms with Gasteiger partial charge in [-0.25, -0.2) is 0 Å². The topological polar surface area (TPSA) is 29.5 Å². The highest BCUT2D eigenvalue weighted by Gasteiger charge is 2.54. The lowest BCUT2D eigenvalue weighted by Gasteiger charge is -2.42. The number of hydrogen-bond donors (Lipinski definition) is 1. The van der Waals surface area contributed by atoms with Gasteiger partial charge in [-0.15, -0.1) is 0 Å². The minimum atomic E-state index is -0.218. The molecule has 2 nitrogen and oxygen atoms in total. The molecule has 1 aliphatic carbocycles. The van der Waals surface area contributed by atoms with Crippen LogP contribution in [0.15, 0.2) is 0 Å². The standard InChI is InChI=1S/C18H34O2/c1-13(2)11-18(9-7-8-10-18)15(19)14-12-16(3,4)20-17(14,5)6/h13-15,19H,7-12H2,1-6H3. The first-order valence-electron chi connectivity index (χ1n) is 8.46. The van der Waals surface area contributed by atoms with Crippen LogP contribution in [0.5, 0.6) is 0 Å². The van der Waals surface area contributed by atoms with Gasteiger partial charge in [-0.1, -0.05) is 26.7 Å². The van der Waals surface area contributed by atoms with E-state index in [1.165, 1.54) is 25.7 Å². The van der Waals surface area contributed by atoms with Crippen LogP contribution in [0.1, 0.15) is 80.1 Å². The van der Waals surface area contributed by atoms with Crippen LogP contribution in [0.4, 0.5) is 0 Å². The zero-order valence-electron chi connectivity index (χ0n) is 14.3. The molecular weight excluding hydrogens is 248 g/mol. The third-order valence-corrected chi connectivity index (χ3v) is 5.57. The molecule has 0 spiro atoms. The van der Waals surface area contributed by atoms with Crippen molar-refractivity contribution in [1.29, 1.82) is 0 Å². The van der Waals surface area contributed by atoms with Gasteiger partial charge in [-0.2, -0.15) is 0 Å². The molecule has 1 N–H and O–H groups in total. The van der Waals surface area contributed by atoms with Gasteiger partial charge in [0.15, 0.2) is 0 Å². The fraction of sp³-hybridized carbons (Fsp3) is 1.00. The highest BCUT2D eigenvalue weighted by atomic mass is 16.5. The monoisotopic (exact) mass is 282 g/mol. The van der Waals surface area contributed by atoms with Gasteiger partial charge >= 0.3 is 0 Å². The maximum absolute atomic E-state index is 11.2. The SMILES string of the molecule is CC(C)CC1(C(O)C2CC(C)(C)OC2(C)C)CCCC1. The van der Waals surface area contributed by atoms with Gasteiger partial charge in [0, 0.05) is 5.92 Å². The molecule has 2 atom stereocenters. The first kappa shape index (κ1) is 16.3. The number of aliphatic hydroxyl groups excluding tert-OH is 1. The fourth-order valence-corrected chi connectivity index (χ4v) is 5.04. The number of rotatable bonds is 4. The van der Waals surface area contributed by atoms with Gasteiger partial charge in [0.2, 0.25) is 0 Å². The van der Waals surface area contributed by atoms with Crippen molar-refractivity contribution in [2.45, 2.75) is 97.4 Å². The summed E-state index contributed by atoms with van der Waals surface area (Å²) in [5.74, 6) is 0.913. The molecule has 0 aromatic heterocycles. The van der Waals surface area contributed by atoms with E-state index in [0.717, 1.165) is 12.8 Å². The third-order valence-electron chi connectivity index (χ3n) is 5.57. The molecule has 2 unspecified atom stereocenters. The zero-order valence-corrected chi connectivity index (χ0v) is 14.3. The normalized spacial score (nSPS) is 32.7. The van der Waals surface area contributed by atoms with Crippen LogP contribution in [-0.2, 0) is 4.74 Å². The molecular formula is C18H34O2. The lowest BCUT2D eigenvalue weighted by molar-refractivity contribution is -0.109. The molecule has 1 heterocycles. The summed E-state index contributed by atoms with van der Waals surface area (Å²) in [6.07, 6.45) is 6.85. The zero-order chi connectivity index (χ0) is 15.2. The predicted molar refractivity (Wildman–Crippen MR) is 83.7 cm³/mol. The minimum absolute atomic E-state index is 0.104. The molecule has 2 heteroatoms. The van der Waals surface area contributed by atoms with Crippen LogP contribution >= 0.6 is 0 Å².